The van der Waals surface area contributed by atoms with E-state index in [1.54, 1.807) is 30.5 Å². The number of phenolic OH excluding ortho intramolecular Hbond substituents is 4. The Hall–Kier alpha value is -4.15. The molecule has 0 fully saturated rings. The van der Waals surface area contributed by atoms with Crippen molar-refractivity contribution in [1.82, 2.24) is 10.6 Å². The molecule has 0 unspecified atom stereocenters. The number of hydrogen-bond donors (Lipinski definition) is 7. The number of rotatable bonds is 15. The lowest BCUT2D eigenvalue weighted by atomic mass is 10.2. The number of nitrogens with one attached hydrogen (secondary N) is 3. The van der Waals surface area contributed by atoms with Gasteiger partial charge in [0.1, 0.15) is 17.2 Å². The number of benzene rings is 3. The lowest BCUT2D eigenvalue weighted by molar-refractivity contribution is 0.373. The fraction of sp³-hybridized carbons (Fsp3) is 0.321. The molecule has 0 atom stereocenters. The van der Waals surface area contributed by atoms with Crippen molar-refractivity contribution >= 4 is 17.6 Å². The zero-order chi connectivity index (χ0) is 27.3. The molecule has 0 bridgehead atoms. The Labute approximate surface area is 222 Å². The summed E-state index contributed by atoms with van der Waals surface area (Å²) >= 11 is 0. The second-order valence-corrected chi connectivity index (χ2v) is 8.60. The van der Waals surface area contributed by atoms with Crippen molar-refractivity contribution in [2.24, 2.45) is 4.99 Å². The van der Waals surface area contributed by atoms with Gasteiger partial charge in [-0.25, -0.2) is 0 Å². The number of aromatic hydroxyl groups is 4. The maximum Gasteiger partial charge on any atom is 0.160 e. The molecule has 0 aliphatic carbocycles. The fourth-order valence-electron chi connectivity index (χ4n) is 3.71. The molecule has 10 heteroatoms. The number of anilines is 1. The molecule has 3 aromatic rings. The Morgan fingerprint density at radius 1 is 0.711 bits per heavy atom. The van der Waals surface area contributed by atoms with Crippen LogP contribution in [-0.2, 0) is 13.1 Å². The van der Waals surface area contributed by atoms with Crippen molar-refractivity contribution < 1.29 is 29.9 Å². The van der Waals surface area contributed by atoms with Gasteiger partial charge in [-0.1, -0.05) is 12.1 Å². The fourth-order valence-corrected chi connectivity index (χ4v) is 3.71. The van der Waals surface area contributed by atoms with Crippen molar-refractivity contribution in [3.63, 3.8) is 0 Å². The summed E-state index contributed by atoms with van der Waals surface area (Å²) in [7, 11) is 3.03. The van der Waals surface area contributed by atoms with Gasteiger partial charge in [0, 0.05) is 44.5 Å². The highest BCUT2D eigenvalue weighted by molar-refractivity contribution is 5.72. The highest BCUT2D eigenvalue weighted by Gasteiger charge is 2.08. The van der Waals surface area contributed by atoms with E-state index in [1.807, 2.05) is 12.1 Å². The quantitative estimate of drug-likeness (QED) is 0.0678. The van der Waals surface area contributed by atoms with Crippen LogP contribution >= 0.6 is 0 Å². The molecular formula is C28H36N4O6. The maximum absolute atomic E-state index is 10.3. The van der Waals surface area contributed by atoms with Gasteiger partial charge in [0.05, 0.1) is 19.9 Å². The molecule has 0 heterocycles. The summed E-state index contributed by atoms with van der Waals surface area (Å²) in [6.07, 6.45) is 3.10. The summed E-state index contributed by atoms with van der Waals surface area (Å²) < 4.78 is 10.2. The van der Waals surface area contributed by atoms with Crippen LogP contribution in [0.3, 0.4) is 0 Å². The van der Waals surface area contributed by atoms with Gasteiger partial charge in [-0.3, -0.25) is 4.99 Å². The molecule has 0 aliphatic heterocycles. The molecule has 7 N–H and O–H groups in total. The van der Waals surface area contributed by atoms with Gasteiger partial charge in [-0.2, -0.15) is 0 Å². The Kier molecular flexibility index (Phi) is 10.9. The smallest absolute Gasteiger partial charge is 0.160 e. The molecule has 0 saturated heterocycles. The first kappa shape index (κ1) is 28.4. The molecule has 10 nitrogen and oxygen atoms in total. The minimum atomic E-state index is -0.0231. The van der Waals surface area contributed by atoms with E-state index in [2.05, 4.69) is 20.9 Å². The second-order valence-electron chi connectivity index (χ2n) is 8.60. The van der Waals surface area contributed by atoms with Crippen molar-refractivity contribution in [3.8, 4) is 34.5 Å². The summed E-state index contributed by atoms with van der Waals surface area (Å²) in [6, 6.07) is 13.3. The minimum absolute atomic E-state index is 0.0125. The molecule has 0 spiro atoms. The zero-order valence-electron chi connectivity index (χ0n) is 21.7. The maximum atomic E-state index is 10.3. The van der Waals surface area contributed by atoms with Crippen LogP contribution in [0.25, 0.3) is 0 Å². The van der Waals surface area contributed by atoms with E-state index < -0.39 is 0 Å². The minimum Gasteiger partial charge on any atom is -0.506 e. The molecule has 3 aromatic carbocycles. The van der Waals surface area contributed by atoms with Crippen LogP contribution in [0.4, 0.5) is 11.4 Å². The van der Waals surface area contributed by atoms with E-state index in [0.717, 1.165) is 24.1 Å². The van der Waals surface area contributed by atoms with Crippen LogP contribution in [0.15, 0.2) is 53.5 Å². The number of ether oxygens (including phenoxy) is 2. The van der Waals surface area contributed by atoms with Crippen LogP contribution in [0.5, 0.6) is 34.5 Å². The third-order valence-corrected chi connectivity index (χ3v) is 5.77. The normalized spacial score (nSPS) is 11.1. The topological polar surface area (TPSA) is 148 Å². The Morgan fingerprint density at radius 2 is 1.32 bits per heavy atom. The SMILES string of the molecule is COc1cc(CNCCC=Nc2cc(O)c(NCCCNCc3ccc(O)c(OC)c3)cc2O)ccc1O. The van der Waals surface area contributed by atoms with Gasteiger partial charge in [0.15, 0.2) is 23.0 Å². The first-order chi connectivity index (χ1) is 18.4. The van der Waals surface area contributed by atoms with Gasteiger partial charge < -0.3 is 45.9 Å². The van der Waals surface area contributed by atoms with E-state index in [0.29, 0.717) is 55.5 Å². The Morgan fingerprint density at radius 3 is 1.92 bits per heavy atom. The van der Waals surface area contributed by atoms with Gasteiger partial charge >= 0.3 is 0 Å². The second kappa shape index (κ2) is 14.6. The summed E-state index contributed by atoms with van der Waals surface area (Å²) in [5.41, 5.74) is 2.72. The highest BCUT2D eigenvalue weighted by Crippen LogP contribution is 2.36. The lowest BCUT2D eigenvalue weighted by Gasteiger charge is -2.11. The van der Waals surface area contributed by atoms with E-state index in [1.165, 1.54) is 26.4 Å². The summed E-state index contributed by atoms with van der Waals surface area (Å²) in [6.45, 7) is 3.24. The van der Waals surface area contributed by atoms with Crippen molar-refractivity contribution in [2.75, 3.05) is 39.2 Å². The average Bonchev–Trinajstić information content (AvgIpc) is 2.91. The van der Waals surface area contributed by atoms with Crippen LogP contribution in [0, 0.1) is 0 Å². The third-order valence-electron chi connectivity index (χ3n) is 5.77. The standard InChI is InChI=1S/C28H36N4O6/c1-37-27-13-19(5-7-23(27)33)17-29-9-3-11-31-21-15-26(36)22(16-25(21)35)32-12-4-10-30-18-20-6-8-24(34)28(14-20)38-2/h5-8,11,13-16,29-30,32-36H,3-4,9-10,12,17-18H2,1-2H3. The predicted octanol–water partition coefficient (Wildman–Crippen LogP) is 4.00. The monoisotopic (exact) mass is 524 g/mol. The van der Waals surface area contributed by atoms with E-state index in [4.69, 9.17) is 9.47 Å². The van der Waals surface area contributed by atoms with Crippen LogP contribution < -0.4 is 25.4 Å². The number of methoxy groups -OCH3 is 2. The van der Waals surface area contributed by atoms with Crippen molar-refractivity contribution in [1.29, 1.82) is 0 Å². The molecule has 0 aliphatic rings. The molecule has 0 saturated carbocycles. The largest absolute Gasteiger partial charge is 0.506 e. The zero-order valence-corrected chi connectivity index (χ0v) is 21.7. The lowest BCUT2D eigenvalue weighted by Crippen LogP contribution is -2.17. The molecule has 0 aromatic heterocycles. The molecule has 0 radical (unpaired) electrons. The van der Waals surface area contributed by atoms with Crippen LogP contribution in [-0.4, -0.2) is 60.5 Å². The molecule has 204 valence electrons. The summed E-state index contributed by atoms with van der Waals surface area (Å²) in [5, 5.41) is 49.7. The first-order valence-corrected chi connectivity index (χ1v) is 12.4. The Balaban J connectivity index is 1.36. The average molecular weight is 525 g/mol. The highest BCUT2D eigenvalue weighted by atomic mass is 16.5. The molecule has 0 amide bonds. The van der Waals surface area contributed by atoms with Crippen LogP contribution in [0.1, 0.15) is 24.0 Å². The number of hydrogen-bond acceptors (Lipinski definition) is 10. The van der Waals surface area contributed by atoms with E-state index in [9.17, 15) is 20.4 Å². The Bertz CT molecular complexity index is 1220. The molecule has 38 heavy (non-hydrogen) atoms. The van der Waals surface area contributed by atoms with Crippen molar-refractivity contribution in [2.45, 2.75) is 25.9 Å². The molecule has 3 rings (SSSR count). The molecular weight excluding hydrogens is 488 g/mol. The van der Waals surface area contributed by atoms with Gasteiger partial charge in [0.2, 0.25) is 0 Å². The van der Waals surface area contributed by atoms with Gasteiger partial charge in [-0.15, -0.1) is 0 Å². The first-order valence-electron chi connectivity index (χ1n) is 12.4. The predicted molar refractivity (Wildman–Crippen MR) is 148 cm³/mol. The number of nitrogens with zero attached hydrogens (tertiary/aromatic N) is 1. The van der Waals surface area contributed by atoms with Gasteiger partial charge in [0.25, 0.3) is 0 Å². The van der Waals surface area contributed by atoms with E-state index >= 15 is 0 Å². The summed E-state index contributed by atoms with van der Waals surface area (Å²) in [5.74, 6) is 1.08. The van der Waals surface area contributed by atoms with Crippen molar-refractivity contribution in [3.05, 3.63) is 59.7 Å². The van der Waals surface area contributed by atoms with Gasteiger partial charge in [-0.05, 0) is 54.8 Å². The number of aliphatic imine (C=N–C) groups is 1. The number of phenols is 4. The third kappa shape index (κ3) is 8.46. The summed E-state index contributed by atoms with van der Waals surface area (Å²) in [4.78, 5) is 4.27. The van der Waals surface area contributed by atoms with E-state index in [-0.39, 0.29) is 23.0 Å². The van der Waals surface area contributed by atoms with Crippen LogP contribution in [0.2, 0.25) is 0 Å².